The van der Waals surface area contributed by atoms with Crippen molar-refractivity contribution < 1.29 is 28.7 Å². The molecule has 1 saturated heterocycles. The zero-order valence-electron chi connectivity index (χ0n) is 20.1. The fraction of sp³-hybridized carbons (Fsp3) is 0.320. The molecule has 2 aromatic carbocycles. The molecule has 10 nitrogen and oxygen atoms in total. The van der Waals surface area contributed by atoms with Gasteiger partial charge >= 0.3 is 5.97 Å². The summed E-state index contributed by atoms with van der Waals surface area (Å²) in [4.78, 5) is 61.0. The van der Waals surface area contributed by atoms with E-state index in [4.69, 9.17) is 16.3 Å². The second-order valence-corrected chi connectivity index (χ2v) is 9.73. The molecule has 4 amide bonds. The van der Waals surface area contributed by atoms with Gasteiger partial charge in [0.05, 0.1) is 12.5 Å². The normalized spacial score (nSPS) is 15.3. The van der Waals surface area contributed by atoms with Crippen LogP contribution >= 0.6 is 11.6 Å². The molecule has 0 aromatic heterocycles. The van der Waals surface area contributed by atoms with Crippen LogP contribution in [0, 0.1) is 5.92 Å². The fourth-order valence-electron chi connectivity index (χ4n) is 3.37. The fourth-order valence-corrected chi connectivity index (χ4v) is 3.50. The summed E-state index contributed by atoms with van der Waals surface area (Å²) < 4.78 is 4.96. The van der Waals surface area contributed by atoms with E-state index >= 15 is 0 Å². The largest absolute Gasteiger partial charge is 0.455 e. The molecule has 1 heterocycles. The monoisotopic (exact) mass is 514 g/mol. The molecule has 190 valence electrons. The minimum absolute atomic E-state index is 0.0628. The average molecular weight is 515 g/mol. The molecule has 1 fully saturated rings. The molecule has 0 saturated carbocycles. The van der Waals surface area contributed by atoms with Crippen molar-refractivity contribution in [3.8, 4) is 0 Å². The number of rotatable bonds is 6. The SMILES string of the molecule is CC(C)(C)c1ccc(C(=O)NN2C[C@@H](C(=O)OCC(=O)NNC(=O)c3ccc(Cl)cc3)CC2=O)cc1. The van der Waals surface area contributed by atoms with Crippen molar-refractivity contribution in [1.82, 2.24) is 21.3 Å². The van der Waals surface area contributed by atoms with E-state index in [0.717, 1.165) is 10.6 Å². The van der Waals surface area contributed by atoms with Gasteiger partial charge in [-0.15, -0.1) is 0 Å². The van der Waals surface area contributed by atoms with Gasteiger partial charge in [0.2, 0.25) is 5.91 Å². The maximum absolute atomic E-state index is 12.5. The predicted molar refractivity (Wildman–Crippen MR) is 130 cm³/mol. The summed E-state index contributed by atoms with van der Waals surface area (Å²) in [6.45, 7) is 5.44. The van der Waals surface area contributed by atoms with Crippen molar-refractivity contribution in [3.63, 3.8) is 0 Å². The molecule has 11 heteroatoms. The van der Waals surface area contributed by atoms with E-state index in [-0.39, 0.29) is 23.9 Å². The Hall–Kier alpha value is -3.92. The predicted octanol–water partition coefficient (Wildman–Crippen LogP) is 2.14. The average Bonchev–Trinajstić information content (AvgIpc) is 3.21. The van der Waals surface area contributed by atoms with E-state index < -0.39 is 42.1 Å². The van der Waals surface area contributed by atoms with Gasteiger partial charge in [-0.2, -0.15) is 0 Å². The summed E-state index contributed by atoms with van der Waals surface area (Å²) in [6, 6.07) is 13.1. The maximum atomic E-state index is 12.5. The highest BCUT2D eigenvalue weighted by atomic mass is 35.5. The topological polar surface area (TPSA) is 134 Å². The van der Waals surface area contributed by atoms with Gasteiger partial charge in [0.1, 0.15) is 0 Å². The number of carbonyl (C=O) groups excluding carboxylic acids is 5. The number of esters is 1. The van der Waals surface area contributed by atoms with Gasteiger partial charge in [-0.3, -0.25) is 45.3 Å². The van der Waals surface area contributed by atoms with Crippen molar-refractivity contribution in [2.45, 2.75) is 32.6 Å². The lowest BCUT2D eigenvalue weighted by Gasteiger charge is -2.20. The second kappa shape index (κ2) is 11.2. The first-order valence-electron chi connectivity index (χ1n) is 11.2. The summed E-state index contributed by atoms with van der Waals surface area (Å²) in [6.07, 6.45) is -0.170. The molecule has 36 heavy (non-hydrogen) atoms. The Bertz CT molecular complexity index is 1160. The molecule has 0 aliphatic carbocycles. The molecule has 1 atom stereocenters. The molecule has 3 N–H and O–H groups in total. The molecule has 2 aromatic rings. The van der Waals surface area contributed by atoms with Gasteiger partial charge in [0.25, 0.3) is 17.7 Å². The first kappa shape index (κ1) is 26.7. The highest BCUT2D eigenvalue weighted by Crippen LogP contribution is 2.22. The van der Waals surface area contributed by atoms with E-state index in [0.29, 0.717) is 10.6 Å². The number of hydrogen-bond acceptors (Lipinski definition) is 6. The van der Waals surface area contributed by atoms with Gasteiger partial charge in [-0.1, -0.05) is 44.5 Å². The van der Waals surface area contributed by atoms with Crippen LogP contribution < -0.4 is 16.3 Å². The van der Waals surface area contributed by atoms with Crippen molar-refractivity contribution in [3.05, 3.63) is 70.2 Å². The molecule has 0 unspecified atom stereocenters. The Balaban J connectivity index is 1.43. The Kier molecular flexibility index (Phi) is 8.31. The van der Waals surface area contributed by atoms with Crippen LogP contribution in [0.4, 0.5) is 0 Å². The Morgan fingerprint density at radius 2 is 1.53 bits per heavy atom. The summed E-state index contributed by atoms with van der Waals surface area (Å²) in [5.41, 5.74) is 8.48. The van der Waals surface area contributed by atoms with Crippen molar-refractivity contribution in [2.75, 3.05) is 13.2 Å². The number of nitrogens with one attached hydrogen (secondary N) is 3. The van der Waals surface area contributed by atoms with Crippen LogP contribution in [0.25, 0.3) is 0 Å². The summed E-state index contributed by atoms with van der Waals surface area (Å²) >= 11 is 5.76. The zero-order chi connectivity index (χ0) is 26.5. The first-order chi connectivity index (χ1) is 16.9. The molecule has 0 spiro atoms. The standard InChI is InChI=1S/C25H27ClN4O6/c1-25(2,3)18-8-4-16(5-9-18)23(34)29-30-13-17(12-21(30)32)24(35)36-14-20(31)27-28-22(33)15-6-10-19(26)11-7-15/h4-11,17H,12-14H2,1-3H3,(H,27,31)(H,28,33)(H,29,34)/t17-/m0/s1. The summed E-state index contributed by atoms with van der Waals surface area (Å²) in [7, 11) is 0. The molecular weight excluding hydrogens is 488 g/mol. The van der Waals surface area contributed by atoms with E-state index in [1.54, 1.807) is 12.1 Å². The number of ether oxygens (including phenoxy) is 1. The van der Waals surface area contributed by atoms with Gasteiger partial charge in [0.15, 0.2) is 6.61 Å². The highest BCUT2D eigenvalue weighted by molar-refractivity contribution is 6.30. The summed E-state index contributed by atoms with van der Waals surface area (Å²) in [5.74, 6) is -3.89. The third-order valence-electron chi connectivity index (χ3n) is 5.48. The zero-order valence-corrected chi connectivity index (χ0v) is 20.8. The lowest BCUT2D eigenvalue weighted by atomic mass is 9.87. The third kappa shape index (κ3) is 7.05. The minimum Gasteiger partial charge on any atom is -0.455 e. The van der Waals surface area contributed by atoms with Crippen LogP contribution in [0.15, 0.2) is 48.5 Å². The van der Waals surface area contributed by atoms with Crippen molar-refractivity contribution in [1.29, 1.82) is 0 Å². The minimum atomic E-state index is -0.850. The lowest BCUT2D eigenvalue weighted by Crippen LogP contribution is -2.44. The Morgan fingerprint density at radius 1 is 0.944 bits per heavy atom. The van der Waals surface area contributed by atoms with Gasteiger partial charge < -0.3 is 4.74 Å². The van der Waals surface area contributed by atoms with E-state index in [9.17, 15) is 24.0 Å². The molecule has 1 aliphatic rings. The van der Waals surface area contributed by atoms with E-state index in [1.165, 1.54) is 24.3 Å². The van der Waals surface area contributed by atoms with Crippen molar-refractivity contribution >= 4 is 41.2 Å². The number of amides is 4. The number of halogens is 1. The number of hydrazine groups is 2. The van der Waals surface area contributed by atoms with Crippen LogP contribution in [-0.4, -0.2) is 47.8 Å². The molecule has 0 radical (unpaired) electrons. The molecule has 0 bridgehead atoms. The van der Waals surface area contributed by atoms with Crippen LogP contribution in [0.2, 0.25) is 5.02 Å². The number of nitrogens with zero attached hydrogens (tertiary/aromatic N) is 1. The summed E-state index contributed by atoms with van der Waals surface area (Å²) in [5, 5.41) is 1.53. The van der Waals surface area contributed by atoms with Gasteiger partial charge in [0, 0.05) is 22.6 Å². The smallest absolute Gasteiger partial charge is 0.311 e. The van der Waals surface area contributed by atoms with Gasteiger partial charge in [-0.25, -0.2) is 0 Å². The molecule has 1 aliphatic heterocycles. The Labute approximate surface area is 213 Å². The van der Waals surface area contributed by atoms with Crippen LogP contribution in [-0.2, 0) is 24.5 Å². The van der Waals surface area contributed by atoms with Crippen LogP contribution in [0.1, 0.15) is 53.5 Å². The lowest BCUT2D eigenvalue weighted by molar-refractivity contribution is -0.152. The number of benzene rings is 2. The van der Waals surface area contributed by atoms with E-state index in [1.807, 2.05) is 12.1 Å². The van der Waals surface area contributed by atoms with Gasteiger partial charge in [-0.05, 0) is 47.4 Å². The quantitative estimate of drug-likeness (QED) is 0.399. The van der Waals surface area contributed by atoms with E-state index in [2.05, 4.69) is 37.0 Å². The maximum Gasteiger partial charge on any atom is 0.311 e. The van der Waals surface area contributed by atoms with Crippen LogP contribution in [0.3, 0.4) is 0 Å². The second-order valence-electron chi connectivity index (χ2n) is 9.29. The molecular formula is C25H27ClN4O6. The molecule has 3 rings (SSSR count). The van der Waals surface area contributed by atoms with Crippen molar-refractivity contribution in [2.24, 2.45) is 5.92 Å². The highest BCUT2D eigenvalue weighted by Gasteiger charge is 2.36. The number of carbonyl (C=O) groups is 5. The third-order valence-corrected chi connectivity index (χ3v) is 5.73. The van der Waals surface area contributed by atoms with Crippen LogP contribution in [0.5, 0.6) is 0 Å². The Morgan fingerprint density at radius 3 is 2.14 bits per heavy atom. The number of hydrogen-bond donors (Lipinski definition) is 3. The first-order valence-corrected chi connectivity index (χ1v) is 11.5.